The fraction of sp³-hybridized carbons (Fsp3) is 0.800. The Bertz CT molecular complexity index is 226. The summed E-state index contributed by atoms with van der Waals surface area (Å²) in [6.45, 7) is 4.31. The van der Waals surface area contributed by atoms with E-state index in [9.17, 15) is 4.79 Å². The summed E-state index contributed by atoms with van der Waals surface area (Å²) in [5.74, 6) is 0.520. The number of carbonyl (C=O) groups is 1. The van der Waals surface area contributed by atoms with Crippen molar-refractivity contribution in [2.24, 2.45) is 5.92 Å². The van der Waals surface area contributed by atoms with E-state index in [-0.39, 0.29) is 12.5 Å². The number of amides is 1. The maximum Gasteiger partial charge on any atom is 0.223 e. The number of hydrogen-bond donors (Lipinski definition) is 0. The highest BCUT2D eigenvalue weighted by atomic mass is 16.2. The second kappa shape index (κ2) is 4.27. The summed E-state index contributed by atoms with van der Waals surface area (Å²) in [4.78, 5) is 13.3. The summed E-state index contributed by atoms with van der Waals surface area (Å²) in [5.41, 5.74) is 0. The van der Waals surface area contributed by atoms with Gasteiger partial charge in [-0.3, -0.25) is 4.79 Å². The van der Waals surface area contributed by atoms with Crippen LogP contribution in [0.3, 0.4) is 0 Å². The van der Waals surface area contributed by atoms with Gasteiger partial charge in [-0.05, 0) is 18.8 Å². The second-order valence-corrected chi connectivity index (χ2v) is 4.01. The molecule has 72 valence electrons. The zero-order chi connectivity index (χ0) is 9.84. The SMILES string of the molecule is CC(C)CC(=O)N(CC#N)C1CC1. The van der Waals surface area contributed by atoms with E-state index >= 15 is 0 Å². The van der Waals surface area contributed by atoms with Crippen molar-refractivity contribution in [3.05, 3.63) is 0 Å². The predicted molar refractivity (Wildman–Crippen MR) is 49.8 cm³/mol. The van der Waals surface area contributed by atoms with Gasteiger partial charge < -0.3 is 4.90 Å². The molecule has 3 heteroatoms. The van der Waals surface area contributed by atoms with Gasteiger partial charge >= 0.3 is 0 Å². The molecule has 1 aliphatic rings. The molecule has 0 spiro atoms. The maximum atomic E-state index is 11.6. The minimum atomic E-state index is 0.138. The summed E-state index contributed by atoms with van der Waals surface area (Å²) in [5, 5.41) is 8.55. The molecular formula is C10H16N2O. The topological polar surface area (TPSA) is 44.1 Å². The largest absolute Gasteiger partial charge is 0.326 e. The molecule has 0 bridgehead atoms. The lowest BCUT2D eigenvalue weighted by Crippen LogP contribution is -2.34. The van der Waals surface area contributed by atoms with E-state index < -0.39 is 0 Å². The van der Waals surface area contributed by atoms with Crippen molar-refractivity contribution in [1.29, 1.82) is 5.26 Å². The summed E-state index contributed by atoms with van der Waals surface area (Å²) in [6.07, 6.45) is 2.72. The summed E-state index contributed by atoms with van der Waals surface area (Å²) in [7, 11) is 0. The highest BCUT2D eigenvalue weighted by Crippen LogP contribution is 2.27. The Morgan fingerprint density at radius 1 is 1.62 bits per heavy atom. The first kappa shape index (κ1) is 10.0. The fourth-order valence-corrected chi connectivity index (χ4v) is 1.35. The van der Waals surface area contributed by atoms with Crippen LogP contribution in [-0.2, 0) is 4.79 Å². The third-order valence-electron chi connectivity index (χ3n) is 2.13. The van der Waals surface area contributed by atoms with Gasteiger partial charge in [-0.1, -0.05) is 13.8 Å². The number of carbonyl (C=O) groups excluding carboxylic acids is 1. The maximum absolute atomic E-state index is 11.6. The predicted octanol–water partition coefficient (Wildman–Crippen LogP) is 1.55. The number of rotatable bonds is 4. The molecule has 0 aliphatic heterocycles. The van der Waals surface area contributed by atoms with Crippen LogP contribution in [0.1, 0.15) is 33.1 Å². The standard InChI is InChI=1S/C10H16N2O/c1-8(2)7-10(13)12(6-5-11)9-3-4-9/h8-9H,3-4,6-7H2,1-2H3. The highest BCUT2D eigenvalue weighted by molar-refractivity contribution is 5.77. The first-order valence-electron chi connectivity index (χ1n) is 4.81. The monoisotopic (exact) mass is 180 g/mol. The molecule has 0 atom stereocenters. The van der Waals surface area contributed by atoms with Crippen LogP contribution in [0.2, 0.25) is 0 Å². The average Bonchev–Trinajstić information content (AvgIpc) is 2.81. The van der Waals surface area contributed by atoms with Gasteiger partial charge in [-0.2, -0.15) is 5.26 Å². The van der Waals surface area contributed by atoms with E-state index in [0.717, 1.165) is 12.8 Å². The zero-order valence-electron chi connectivity index (χ0n) is 8.29. The molecule has 1 rings (SSSR count). The average molecular weight is 180 g/mol. The lowest BCUT2D eigenvalue weighted by Gasteiger charge is -2.19. The van der Waals surface area contributed by atoms with Crippen molar-refractivity contribution in [2.75, 3.05) is 6.54 Å². The molecule has 0 aromatic heterocycles. The molecule has 0 aromatic rings. The van der Waals surface area contributed by atoms with Gasteiger partial charge in [0.25, 0.3) is 0 Å². The van der Waals surface area contributed by atoms with Crippen molar-refractivity contribution in [3.63, 3.8) is 0 Å². The van der Waals surface area contributed by atoms with E-state index in [1.165, 1.54) is 0 Å². The smallest absolute Gasteiger partial charge is 0.223 e. The first-order chi connectivity index (χ1) is 6.15. The molecule has 0 N–H and O–H groups in total. The summed E-state index contributed by atoms with van der Waals surface area (Å²) < 4.78 is 0. The molecule has 1 saturated carbocycles. The normalized spacial score (nSPS) is 15.5. The minimum Gasteiger partial charge on any atom is -0.326 e. The number of nitrogens with zero attached hydrogens (tertiary/aromatic N) is 2. The Morgan fingerprint density at radius 3 is 2.62 bits per heavy atom. The minimum absolute atomic E-state index is 0.138. The summed E-state index contributed by atoms with van der Waals surface area (Å²) >= 11 is 0. The van der Waals surface area contributed by atoms with E-state index in [0.29, 0.717) is 18.4 Å². The van der Waals surface area contributed by atoms with Gasteiger partial charge in [0.1, 0.15) is 6.54 Å². The molecule has 0 unspecified atom stereocenters. The quantitative estimate of drug-likeness (QED) is 0.616. The van der Waals surface area contributed by atoms with Crippen LogP contribution < -0.4 is 0 Å². The lowest BCUT2D eigenvalue weighted by molar-refractivity contribution is -0.131. The van der Waals surface area contributed by atoms with Crippen LogP contribution in [0.5, 0.6) is 0 Å². The molecule has 1 amide bonds. The van der Waals surface area contributed by atoms with Crippen LogP contribution in [0.4, 0.5) is 0 Å². The first-order valence-corrected chi connectivity index (χ1v) is 4.81. The van der Waals surface area contributed by atoms with Crippen LogP contribution in [0.15, 0.2) is 0 Å². The van der Waals surface area contributed by atoms with Gasteiger partial charge in [0.05, 0.1) is 6.07 Å². The van der Waals surface area contributed by atoms with Crippen LogP contribution in [0, 0.1) is 17.2 Å². The highest BCUT2D eigenvalue weighted by Gasteiger charge is 2.32. The van der Waals surface area contributed by atoms with Gasteiger partial charge in [0.2, 0.25) is 5.91 Å². The van der Waals surface area contributed by atoms with Gasteiger partial charge in [0.15, 0.2) is 0 Å². The Kier molecular flexibility index (Phi) is 3.30. The Balaban J connectivity index is 2.44. The molecule has 0 radical (unpaired) electrons. The van der Waals surface area contributed by atoms with Crippen molar-refractivity contribution < 1.29 is 4.79 Å². The van der Waals surface area contributed by atoms with Crippen molar-refractivity contribution in [3.8, 4) is 6.07 Å². The molecule has 0 heterocycles. The van der Waals surface area contributed by atoms with Crippen molar-refractivity contribution >= 4 is 5.91 Å². The van der Waals surface area contributed by atoms with Crippen LogP contribution in [0.25, 0.3) is 0 Å². The molecule has 0 saturated heterocycles. The Hall–Kier alpha value is -1.04. The van der Waals surface area contributed by atoms with Crippen LogP contribution >= 0.6 is 0 Å². The zero-order valence-corrected chi connectivity index (χ0v) is 8.29. The number of hydrogen-bond acceptors (Lipinski definition) is 2. The van der Waals surface area contributed by atoms with E-state index in [1.807, 2.05) is 19.9 Å². The third-order valence-corrected chi connectivity index (χ3v) is 2.13. The van der Waals surface area contributed by atoms with Crippen LogP contribution in [-0.4, -0.2) is 23.4 Å². The van der Waals surface area contributed by atoms with E-state index in [4.69, 9.17) is 5.26 Å². The van der Waals surface area contributed by atoms with Gasteiger partial charge in [0, 0.05) is 12.5 Å². The molecule has 3 nitrogen and oxygen atoms in total. The third kappa shape index (κ3) is 3.06. The molecule has 0 aromatic carbocycles. The number of nitriles is 1. The molecule has 13 heavy (non-hydrogen) atoms. The van der Waals surface area contributed by atoms with Gasteiger partial charge in [-0.25, -0.2) is 0 Å². The fourth-order valence-electron chi connectivity index (χ4n) is 1.35. The van der Waals surface area contributed by atoms with E-state index in [1.54, 1.807) is 4.90 Å². The van der Waals surface area contributed by atoms with Crippen molar-refractivity contribution in [1.82, 2.24) is 4.90 Å². The lowest BCUT2D eigenvalue weighted by atomic mass is 10.1. The van der Waals surface area contributed by atoms with Crippen molar-refractivity contribution in [2.45, 2.75) is 39.2 Å². The molecule has 1 aliphatic carbocycles. The summed E-state index contributed by atoms with van der Waals surface area (Å²) in [6, 6.07) is 2.41. The molecular weight excluding hydrogens is 164 g/mol. The Labute approximate surface area is 79.3 Å². The molecule has 1 fully saturated rings. The van der Waals surface area contributed by atoms with Gasteiger partial charge in [-0.15, -0.1) is 0 Å². The Morgan fingerprint density at radius 2 is 2.23 bits per heavy atom. The van der Waals surface area contributed by atoms with E-state index in [2.05, 4.69) is 0 Å². The second-order valence-electron chi connectivity index (χ2n) is 4.01.